The molecule has 5 heteroatoms. The molecule has 1 aromatic rings. The first-order chi connectivity index (χ1) is 10.1. The molecule has 0 spiro atoms. The molecule has 1 aromatic carbocycles. The first-order valence-electron chi connectivity index (χ1n) is 7.36. The lowest BCUT2D eigenvalue weighted by Crippen LogP contribution is -2.42. The summed E-state index contributed by atoms with van der Waals surface area (Å²) in [4.78, 5) is 25.4. The number of carbonyl (C=O) groups is 2. The van der Waals surface area contributed by atoms with Crippen LogP contribution in [0.1, 0.15) is 25.3 Å². The van der Waals surface area contributed by atoms with Gasteiger partial charge in [-0.3, -0.25) is 9.59 Å². The third-order valence-corrected chi connectivity index (χ3v) is 3.74. The highest BCUT2D eigenvalue weighted by Crippen LogP contribution is 2.12. The van der Waals surface area contributed by atoms with Gasteiger partial charge >= 0.3 is 0 Å². The molecule has 0 aromatic heterocycles. The molecule has 0 saturated carbocycles. The number of amides is 2. The second kappa shape index (κ2) is 7.22. The van der Waals surface area contributed by atoms with Gasteiger partial charge < -0.3 is 15.3 Å². The molecule has 2 atom stereocenters. The van der Waals surface area contributed by atoms with Gasteiger partial charge in [0.1, 0.15) is 6.10 Å². The van der Waals surface area contributed by atoms with Crippen LogP contribution < -0.4 is 5.32 Å². The van der Waals surface area contributed by atoms with Crippen LogP contribution in [0.5, 0.6) is 0 Å². The molecule has 5 nitrogen and oxygen atoms in total. The molecule has 2 N–H and O–H groups in total. The van der Waals surface area contributed by atoms with Crippen molar-refractivity contribution in [1.82, 2.24) is 10.2 Å². The number of hydrogen-bond donors (Lipinski definition) is 2. The van der Waals surface area contributed by atoms with E-state index in [9.17, 15) is 14.7 Å². The van der Waals surface area contributed by atoms with E-state index < -0.39 is 6.10 Å². The van der Waals surface area contributed by atoms with E-state index in [1.54, 1.807) is 4.90 Å². The van der Waals surface area contributed by atoms with Crippen LogP contribution in [0.2, 0.25) is 0 Å². The highest BCUT2D eigenvalue weighted by atomic mass is 16.3. The van der Waals surface area contributed by atoms with Crippen molar-refractivity contribution in [2.45, 2.75) is 38.3 Å². The van der Waals surface area contributed by atoms with Crippen LogP contribution >= 0.6 is 0 Å². The highest BCUT2D eigenvalue weighted by Gasteiger charge is 2.27. The molecule has 21 heavy (non-hydrogen) atoms. The minimum Gasteiger partial charge on any atom is -0.384 e. The summed E-state index contributed by atoms with van der Waals surface area (Å²) in [6.07, 6.45) is 0.963. The number of aryl methyl sites for hydroxylation is 1. The van der Waals surface area contributed by atoms with E-state index in [0.29, 0.717) is 19.5 Å². The van der Waals surface area contributed by atoms with Crippen LogP contribution in [0.3, 0.4) is 0 Å². The van der Waals surface area contributed by atoms with Gasteiger partial charge in [0.05, 0.1) is 0 Å². The van der Waals surface area contributed by atoms with Gasteiger partial charge in [-0.05, 0) is 25.3 Å². The molecule has 1 fully saturated rings. The van der Waals surface area contributed by atoms with E-state index in [2.05, 4.69) is 5.32 Å². The van der Waals surface area contributed by atoms with E-state index in [0.717, 1.165) is 18.4 Å². The Morgan fingerprint density at radius 3 is 2.76 bits per heavy atom. The molecule has 2 unspecified atom stereocenters. The first kappa shape index (κ1) is 15.5. The lowest BCUT2D eigenvalue weighted by atomic mass is 10.1. The minimum absolute atomic E-state index is 0.0484. The first-order valence-corrected chi connectivity index (χ1v) is 7.36. The van der Waals surface area contributed by atoms with Crippen molar-refractivity contribution in [1.29, 1.82) is 0 Å². The fourth-order valence-corrected chi connectivity index (χ4v) is 2.48. The molecule has 114 valence electrons. The molecule has 0 radical (unpaired) electrons. The zero-order valence-electron chi connectivity index (χ0n) is 12.3. The predicted octanol–water partition coefficient (Wildman–Crippen LogP) is 0.717. The normalized spacial score (nSPS) is 19.3. The van der Waals surface area contributed by atoms with Gasteiger partial charge in [0, 0.05) is 25.6 Å². The number of nitrogens with one attached hydrogen (secondary N) is 1. The van der Waals surface area contributed by atoms with Gasteiger partial charge in [0.2, 0.25) is 11.8 Å². The van der Waals surface area contributed by atoms with Crippen LogP contribution in [0.4, 0.5) is 0 Å². The average molecular weight is 290 g/mol. The smallest absolute Gasteiger partial charge is 0.248 e. The Morgan fingerprint density at radius 1 is 1.38 bits per heavy atom. The second-order valence-electron chi connectivity index (χ2n) is 5.50. The Bertz CT molecular complexity index is 488. The maximum Gasteiger partial charge on any atom is 0.248 e. The number of benzene rings is 1. The van der Waals surface area contributed by atoms with Crippen molar-refractivity contribution in [2.24, 2.45) is 0 Å². The molecule has 2 amide bonds. The zero-order valence-corrected chi connectivity index (χ0v) is 12.3. The van der Waals surface area contributed by atoms with Gasteiger partial charge in [-0.1, -0.05) is 30.3 Å². The number of aliphatic hydroxyl groups excluding tert-OH is 1. The van der Waals surface area contributed by atoms with Gasteiger partial charge in [-0.15, -0.1) is 0 Å². The Hall–Kier alpha value is -1.88. The predicted molar refractivity (Wildman–Crippen MR) is 79.6 cm³/mol. The molecular formula is C16H22N2O3. The van der Waals surface area contributed by atoms with Crippen LogP contribution in [-0.4, -0.2) is 47.1 Å². The van der Waals surface area contributed by atoms with Gasteiger partial charge in [0.15, 0.2) is 0 Å². The lowest BCUT2D eigenvalue weighted by molar-refractivity contribution is -0.131. The lowest BCUT2D eigenvalue weighted by Gasteiger charge is -2.17. The molecule has 1 saturated heterocycles. The fraction of sp³-hybridized carbons (Fsp3) is 0.500. The van der Waals surface area contributed by atoms with E-state index >= 15 is 0 Å². The Labute approximate surface area is 125 Å². The van der Waals surface area contributed by atoms with Crippen molar-refractivity contribution in [2.75, 3.05) is 13.1 Å². The van der Waals surface area contributed by atoms with Crippen LogP contribution in [0.25, 0.3) is 0 Å². The number of carbonyl (C=O) groups excluding carboxylic acids is 2. The summed E-state index contributed by atoms with van der Waals surface area (Å²) in [5.41, 5.74) is 1.16. The summed E-state index contributed by atoms with van der Waals surface area (Å²) in [6, 6.07) is 9.88. The van der Waals surface area contributed by atoms with E-state index in [4.69, 9.17) is 0 Å². The van der Waals surface area contributed by atoms with E-state index in [1.165, 1.54) is 6.92 Å². The quantitative estimate of drug-likeness (QED) is 0.839. The van der Waals surface area contributed by atoms with Crippen molar-refractivity contribution in [3.05, 3.63) is 35.9 Å². The molecule has 1 heterocycles. The second-order valence-corrected chi connectivity index (χ2v) is 5.50. The van der Waals surface area contributed by atoms with Gasteiger partial charge in [-0.2, -0.15) is 0 Å². The van der Waals surface area contributed by atoms with E-state index in [1.807, 2.05) is 30.3 Å². The largest absolute Gasteiger partial charge is 0.384 e. The Morgan fingerprint density at radius 2 is 2.10 bits per heavy atom. The average Bonchev–Trinajstić information content (AvgIpc) is 2.94. The summed E-state index contributed by atoms with van der Waals surface area (Å²) >= 11 is 0. The van der Waals surface area contributed by atoms with E-state index in [-0.39, 0.29) is 17.9 Å². The van der Waals surface area contributed by atoms with Crippen molar-refractivity contribution in [3.8, 4) is 0 Å². The molecule has 0 aliphatic carbocycles. The SMILES string of the molecule is CC(O)C(=O)NC1CCN(C(=O)CCc2ccccc2)C1. The van der Waals surface area contributed by atoms with Crippen LogP contribution in [0, 0.1) is 0 Å². The van der Waals surface area contributed by atoms with Crippen molar-refractivity contribution in [3.63, 3.8) is 0 Å². The third kappa shape index (κ3) is 4.56. The summed E-state index contributed by atoms with van der Waals surface area (Å²) in [5, 5.41) is 11.9. The third-order valence-electron chi connectivity index (χ3n) is 3.74. The van der Waals surface area contributed by atoms with Crippen LogP contribution in [0.15, 0.2) is 30.3 Å². The molecule has 2 rings (SSSR count). The van der Waals surface area contributed by atoms with Crippen LogP contribution in [-0.2, 0) is 16.0 Å². The number of likely N-dealkylation sites (tertiary alicyclic amines) is 1. The summed E-state index contributed by atoms with van der Waals surface area (Å²) < 4.78 is 0. The monoisotopic (exact) mass is 290 g/mol. The van der Waals surface area contributed by atoms with Crippen molar-refractivity contribution < 1.29 is 14.7 Å². The summed E-state index contributed by atoms with van der Waals surface area (Å²) in [5.74, 6) is -0.258. The Balaban J connectivity index is 1.76. The topological polar surface area (TPSA) is 69.6 Å². The number of hydrogen-bond acceptors (Lipinski definition) is 3. The fourth-order valence-electron chi connectivity index (χ4n) is 2.48. The molecule has 0 bridgehead atoms. The standard InChI is InChI=1S/C16H22N2O3/c1-12(19)16(21)17-14-9-10-18(11-14)15(20)8-7-13-5-3-2-4-6-13/h2-6,12,14,19H,7-11H2,1H3,(H,17,21). The maximum absolute atomic E-state index is 12.1. The molecular weight excluding hydrogens is 268 g/mol. The number of rotatable bonds is 5. The molecule has 1 aliphatic heterocycles. The zero-order chi connectivity index (χ0) is 15.2. The van der Waals surface area contributed by atoms with Gasteiger partial charge in [0.25, 0.3) is 0 Å². The Kier molecular flexibility index (Phi) is 5.33. The molecule has 1 aliphatic rings. The maximum atomic E-state index is 12.1. The summed E-state index contributed by atoms with van der Waals surface area (Å²) in [6.45, 7) is 2.64. The minimum atomic E-state index is -1.01. The number of nitrogens with zero attached hydrogens (tertiary/aromatic N) is 1. The van der Waals surface area contributed by atoms with Crippen molar-refractivity contribution >= 4 is 11.8 Å². The summed E-state index contributed by atoms with van der Waals surface area (Å²) in [7, 11) is 0. The number of aliphatic hydroxyl groups is 1. The highest BCUT2D eigenvalue weighted by molar-refractivity contribution is 5.81. The van der Waals surface area contributed by atoms with Gasteiger partial charge in [-0.25, -0.2) is 0 Å².